The van der Waals surface area contributed by atoms with E-state index in [-0.39, 0.29) is 11.9 Å². The molecule has 6 heteroatoms. The topological polar surface area (TPSA) is 30.5 Å². The third-order valence-corrected chi connectivity index (χ3v) is 3.03. The highest BCUT2D eigenvalue weighted by atomic mass is 19.4. The van der Waals surface area contributed by atoms with Crippen molar-refractivity contribution in [3.63, 3.8) is 0 Å². The summed E-state index contributed by atoms with van der Waals surface area (Å²) >= 11 is 0. The van der Waals surface area contributed by atoms with Crippen LogP contribution in [0.4, 0.5) is 13.2 Å². The van der Waals surface area contributed by atoms with Gasteiger partial charge in [-0.1, -0.05) is 6.07 Å². The van der Waals surface area contributed by atoms with E-state index < -0.39 is 11.7 Å². The van der Waals surface area contributed by atoms with E-state index in [9.17, 15) is 13.2 Å². The van der Waals surface area contributed by atoms with Gasteiger partial charge in [0.25, 0.3) is 0 Å². The standard InChI is InChI=1S/C14H18F3NO2/c1-19-9-13(8-18-11-5-6-11)20-12-4-2-3-10(7-12)14(15,16)17/h2-4,7,11,13,18H,5-6,8-9H2,1H3. The Hall–Kier alpha value is -1.27. The summed E-state index contributed by atoms with van der Waals surface area (Å²) < 4.78 is 48.5. The Labute approximate surface area is 116 Å². The van der Waals surface area contributed by atoms with Crippen molar-refractivity contribution in [2.45, 2.75) is 31.2 Å². The van der Waals surface area contributed by atoms with Crippen molar-refractivity contribution in [2.75, 3.05) is 20.3 Å². The molecule has 3 nitrogen and oxygen atoms in total. The first kappa shape index (κ1) is 15.1. The van der Waals surface area contributed by atoms with Gasteiger partial charge in [-0.3, -0.25) is 0 Å². The molecule has 1 aromatic rings. The molecule has 2 rings (SSSR count). The highest BCUT2D eigenvalue weighted by Crippen LogP contribution is 2.31. The molecule has 1 atom stereocenters. The van der Waals surface area contributed by atoms with Crippen molar-refractivity contribution in [3.05, 3.63) is 29.8 Å². The van der Waals surface area contributed by atoms with Gasteiger partial charge in [0.05, 0.1) is 12.2 Å². The number of rotatable bonds is 7. The summed E-state index contributed by atoms with van der Waals surface area (Å²) in [6, 6.07) is 5.42. The van der Waals surface area contributed by atoms with Crippen LogP contribution in [0.5, 0.6) is 5.75 Å². The second-order valence-electron chi connectivity index (χ2n) is 4.90. The molecule has 0 saturated heterocycles. The monoisotopic (exact) mass is 289 g/mol. The number of benzene rings is 1. The largest absolute Gasteiger partial charge is 0.487 e. The zero-order valence-electron chi connectivity index (χ0n) is 11.2. The fourth-order valence-electron chi connectivity index (χ4n) is 1.84. The first-order valence-corrected chi connectivity index (χ1v) is 6.55. The molecule has 1 aliphatic rings. The molecule has 0 spiro atoms. The predicted molar refractivity (Wildman–Crippen MR) is 68.8 cm³/mol. The van der Waals surface area contributed by atoms with Crippen molar-refractivity contribution in [1.82, 2.24) is 5.32 Å². The molecular formula is C14H18F3NO2. The molecule has 112 valence electrons. The highest BCUT2D eigenvalue weighted by Gasteiger charge is 2.31. The lowest BCUT2D eigenvalue weighted by Crippen LogP contribution is -2.36. The predicted octanol–water partition coefficient (Wildman–Crippen LogP) is 2.85. The summed E-state index contributed by atoms with van der Waals surface area (Å²) in [6.45, 7) is 0.894. The molecular weight excluding hydrogens is 271 g/mol. The minimum absolute atomic E-state index is 0.208. The minimum atomic E-state index is -4.36. The van der Waals surface area contributed by atoms with Crippen molar-refractivity contribution in [3.8, 4) is 5.75 Å². The number of ether oxygens (including phenoxy) is 2. The molecule has 20 heavy (non-hydrogen) atoms. The molecule has 1 fully saturated rings. The van der Waals surface area contributed by atoms with Crippen molar-refractivity contribution in [1.29, 1.82) is 0 Å². The van der Waals surface area contributed by atoms with E-state index in [1.807, 2.05) is 0 Å². The van der Waals surface area contributed by atoms with Crippen LogP contribution in [0.2, 0.25) is 0 Å². The molecule has 1 aliphatic carbocycles. The summed E-state index contributed by atoms with van der Waals surface area (Å²) in [4.78, 5) is 0. The van der Waals surface area contributed by atoms with E-state index >= 15 is 0 Å². The molecule has 1 saturated carbocycles. The van der Waals surface area contributed by atoms with E-state index in [4.69, 9.17) is 9.47 Å². The Bertz CT molecular complexity index is 433. The zero-order valence-corrected chi connectivity index (χ0v) is 11.2. The fourth-order valence-corrected chi connectivity index (χ4v) is 1.84. The Morgan fingerprint density at radius 1 is 1.35 bits per heavy atom. The number of halogens is 3. The molecule has 1 N–H and O–H groups in total. The number of methoxy groups -OCH3 is 1. The van der Waals surface area contributed by atoms with Gasteiger partial charge < -0.3 is 14.8 Å². The Morgan fingerprint density at radius 2 is 2.10 bits per heavy atom. The lowest BCUT2D eigenvalue weighted by molar-refractivity contribution is -0.137. The van der Waals surface area contributed by atoms with Gasteiger partial charge in [-0.05, 0) is 31.0 Å². The lowest BCUT2D eigenvalue weighted by atomic mass is 10.2. The van der Waals surface area contributed by atoms with Crippen molar-refractivity contribution >= 4 is 0 Å². The van der Waals surface area contributed by atoms with Crippen molar-refractivity contribution in [2.24, 2.45) is 0 Å². The summed E-state index contributed by atoms with van der Waals surface area (Å²) in [5.74, 6) is 0.208. The third-order valence-electron chi connectivity index (χ3n) is 3.03. The van der Waals surface area contributed by atoms with Gasteiger partial charge >= 0.3 is 6.18 Å². The van der Waals surface area contributed by atoms with Crippen LogP contribution in [0.25, 0.3) is 0 Å². The molecule has 0 heterocycles. The number of nitrogens with one attached hydrogen (secondary N) is 1. The van der Waals surface area contributed by atoms with Crippen LogP contribution in [0.15, 0.2) is 24.3 Å². The van der Waals surface area contributed by atoms with Crippen LogP contribution in [0.3, 0.4) is 0 Å². The molecule has 1 unspecified atom stereocenters. The second-order valence-corrected chi connectivity index (χ2v) is 4.90. The number of hydrogen-bond donors (Lipinski definition) is 1. The van der Waals surface area contributed by atoms with Gasteiger partial charge in [0, 0.05) is 19.7 Å². The molecule has 0 amide bonds. The van der Waals surface area contributed by atoms with Gasteiger partial charge in [-0.2, -0.15) is 13.2 Å². The third kappa shape index (κ3) is 4.68. The van der Waals surface area contributed by atoms with Crippen LogP contribution >= 0.6 is 0 Å². The molecule has 0 aliphatic heterocycles. The maximum absolute atomic E-state index is 12.6. The van der Waals surface area contributed by atoms with Crippen LogP contribution in [0, 0.1) is 0 Å². The van der Waals surface area contributed by atoms with Gasteiger partial charge in [0.2, 0.25) is 0 Å². The fraction of sp³-hybridized carbons (Fsp3) is 0.571. The number of alkyl halides is 3. The Morgan fingerprint density at radius 3 is 2.70 bits per heavy atom. The first-order chi connectivity index (χ1) is 9.49. The molecule has 0 aromatic heterocycles. The van der Waals surface area contributed by atoms with Gasteiger partial charge in [-0.15, -0.1) is 0 Å². The molecule has 0 radical (unpaired) electrons. The first-order valence-electron chi connectivity index (χ1n) is 6.55. The highest BCUT2D eigenvalue weighted by molar-refractivity contribution is 5.30. The van der Waals surface area contributed by atoms with Gasteiger partial charge in [0.15, 0.2) is 0 Å². The van der Waals surface area contributed by atoms with Crippen LogP contribution in [0.1, 0.15) is 18.4 Å². The van der Waals surface area contributed by atoms with E-state index in [0.29, 0.717) is 19.2 Å². The van der Waals surface area contributed by atoms with E-state index in [1.165, 1.54) is 12.1 Å². The normalized spacial score (nSPS) is 17.0. The minimum Gasteiger partial charge on any atom is -0.487 e. The van der Waals surface area contributed by atoms with Crippen LogP contribution in [-0.4, -0.2) is 32.4 Å². The average molecular weight is 289 g/mol. The molecule has 0 bridgehead atoms. The van der Waals surface area contributed by atoms with Crippen LogP contribution in [-0.2, 0) is 10.9 Å². The van der Waals surface area contributed by atoms with Crippen LogP contribution < -0.4 is 10.1 Å². The van der Waals surface area contributed by atoms with E-state index in [0.717, 1.165) is 25.0 Å². The SMILES string of the molecule is COCC(CNC1CC1)Oc1cccc(C(F)(F)F)c1. The zero-order chi connectivity index (χ0) is 14.6. The van der Waals surface area contributed by atoms with Gasteiger partial charge in [-0.25, -0.2) is 0 Å². The lowest BCUT2D eigenvalue weighted by Gasteiger charge is -2.19. The van der Waals surface area contributed by atoms with Gasteiger partial charge in [0.1, 0.15) is 11.9 Å². The van der Waals surface area contributed by atoms with E-state index in [1.54, 1.807) is 7.11 Å². The summed E-state index contributed by atoms with van der Waals surface area (Å²) in [7, 11) is 1.54. The maximum atomic E-state index is 12.6. The Balaban J connectivity index is 1.97. The van der Waals surface area contributed by atoms with E-state index in [2.05, 4.69) is 5.32 Å². The average Bonchev–Trinajstić information content (AvgIpc) is 3.20. The summed E-state index contributed by atoms with van der Waals surface area (Å²) in [5.41, 5.74) is -0.707. The summed E-state index contributed by atoms with van der Waals surface area (Å²) in [5, 5.41) is 3.28. The van der Waals surface area contributed by atoms with Crippen molar-refractivity contribution < 1.29 is 22.6 Å². The summed E-state index contributed by atoms with van der Waals surface area (Å²) in [6.07, 6.45) is -2.38. The quantitative estimate of drug-likeness (QED) is 0.837. The maximum Gasteiger partial charge on any atom is 0.416 e. The molecule has 1 aromatic carbocycles. The number of hydrogen-bond acceptors (Lipinski definition) is 3. The Kier molecular flexibility index (Phi) is 4.88. The smallest absolute Gasteiger partial charge is 0.416 e. The second kappa shape index (κ2) is 6.45.